The van der Waals surface area contributed by atoms with Crippen LogP contribution in [0.5, 0.6) is 11.5 Å². The number of thiophene rings is 1. The number of rotatable bonds is 6. The molecule has 0 radical (unpaired) electrons. The van der Waals surface area contributed by atoms with E-state index in [1.807, 2.05) is 0 Å². The van der Waals surface area contributed by atoms with Crippen LogP contribution in [0.15, 0.2) is 12.1 Å². The van der Waals surface area contributed by atoms with Crippen LogP contribution in [0.3, 0.4) is 0 Å². The van der Waals surface area contributed by atoms with Crippen molar-refractivity contribution in [1.82, 2.24) is 4.90 Å². The normalized spacial score (nSPS) is 12.7. The second-order valence-corrected chi connectivity index (χ2v) is 7.80. The lowest BCUT2D eigenvalue weighted by Crippen LogP contribution is -2.34. The highest BCUT2D eigenvalue weighted by molar-refractivity contribution is 7.17. The number of nitro benzene ring substituents is 1. The number of nitrogens with one attached hydrogen (secondary N) is 1. The van der Waals surface area contributed by atoms with Crippen molar-refractivity contribution in [1.29, 1.82) is 0 Å². The smallest absolute Gasteiger partial charge is 0.286 e. The summed E-state index contributed by atoms with van der Waals surface area (Å²) in [5.74, 6) is -1.41. The van der Waals surface area contributed by atoms with Crippen molar-refractivity contribution in [3.63, 3.8) is 0 Å². The van der Waals surface area contributed by atoms with E-state index in [1.165, 1.54) is 27.2 Å². The molecule has 1 aliphatic heterocycles. The molecule has 1 aromatic carbocycles. The quantitative estimate of drug-likeness (QED) is 0.505. The number of methoxy groups -OCH3 is 2. The number of carbonyl (C=O) groups excluding carboxylic acids is 3. The average molecular weight is 448 g/mol. The number of carbonyl (C=O) groups is 3. The first-order chi connectivity index (χ1) is 14.7. The second-order valence-electron chi connectivity index (χ2n) is 6.70. The molecule has 1 aliphatic rings. The summed E-state index contributed by atoms with van der Waals surface area (Å²) >= 11 is 1.11. The molecule has 31 heavy (non-hydrogen) atoms. The number of nitro groups is 1. The van der Waals surface area contributed by atoms with Gasteiger partial charge in [0.25, 0.3) is 17.5 Å². The Kier molecular flexibility index (Phi) is 6.11. The van der Waals surface area contributed by atoms with Crippen LogP contribution in [0.4, 0.5) is 10.7 Å². The lowest BCUT2D eigenvalue weighted by Gasteiger charge is -2.25. The van der Waals surface area contributed by atoms with Gasteiger partial charge in [-0.1, -0.05) is 0 Å². The van der Waals surface area contributed by atoms with Gasteiger partial charge in [0.2, 0.25) is 5.91 Å². The third-order valence-corrected chi connectivity index (χ3v) is 6.05. The zero-order chi connectivity index (χ0) is 22.9. The highest BCUT2D eigenvalue weighted by Crippen LogP contribution is 2.39. The Balaban J connectivity index is 2.02. The van der Waals surface area contributed by atoms with Crippen LogP contribution in [0.2, 0.25) is 0 Å². The van der Waals surface area contributed by atoms with Crippen LogP contribution in [-0.4, -0.2) is 48.3 Å². The third-order valence-electron chi connectivity index (χ3n) is 4.92. The standard InChI is InChI=1S/C19H20N4O7S/c1-9(24)22-5-4-10-15(8-22)31-19(16(10)17(20)25)21-18(26)11-6-13(29-2)14(30-3)7-12(11)23(27)28/h6-7H,4-5,8H2,1-3H3,(H2,20,25)(H,21,26). The molecule has 2 aromatic rings. The predicted octanol–water partition coefficient (Wildman–Crippen LogP) is 1.93. The number of hydrogen-bond acceptors (Lipinski definition) is 8. The Morgan fingerprint density at radius 1 is 1.23 bits per heavy atom. The number of benzene rings is 1. The number of ether oxygens (including phenoxy) is 2. The van der Waals surface area contributed by atoms with Gasteiger partial charge < -0.3 is 25.4 Å². The Bertz CT molecular complexity index is 1100. The van der Waals surface area contributed by atoms with E-state index in [-0.39, 0.29) is 33.5 Å². The lowest BCUT2D eigenvalue weighted by atomic mass is 10.0. The fraction of sp³-hybridized carbons (Fsp3) is 0.316. The van der Waals surface area contributed by atoms with Gasteiger partial charge in [-0.2, -0.15) is 0 Å². The first kappa shape index (κ1) is 22.0. The van der Waals surface area contributed by atoms with E-state index in [2.05, 4.69) is 5.32 Å². The average Bonchev–Trinajstić information content (AvgIpc) is 3.09. The van der Waals surface area contributed by atoms with Gasteiger partial charge in [0.05, 0.1) is 37.3 Å². The Morgan fingerprint density at radius 3 is 2.42 bits per heavy atom. The molecule has 11 nitrogen and oxygen atoms in total. The maximum Gasteiger partial charge on any atom is 0.286 e. The van der Waals surface area contributed by atoms with Gasteiger partial charge >= 0.3 is 0 Å². The summed E-state index contributed by atoms with van der Waals surface area (Å²) in [7, 11) is 2.66. The van der Waals surface area contributed by atoms with Gasteiger partial charge in [-0.15, -0.1) is 11.3 Å². The van der Waals surface area contributed by atoms with E-state index in [0.717, 1.165) is 22.3 Å². The summed E-state index contributed by atoms with van der Waals surface area (Å²) in [4.78, 5) is 49.9. The van der Waals surface area contributed by atoms with Gasteiger partial charge in [0.1, 0.15) is 10.6 Å². The molecule has 0 spiro atoms. The van der Waals surface area contributed by atoms with E-state index < -0.39 is 22.4 Å². The van der Waals surface area contributed by atoms with Gasteiger partial charge in [-0.3, -0.25) is 24.5 Å². The third kappa shape index (κ3) is 4.14. The van der Waals surface area contributed by atoms with Crippen LogP contribution in [0.1, 0.15) is 38.1 Å². The van der Waals surface area contributed by atoms with Crippen molar-refractivity contribution < 1.29 is 28.8 Å². The lowest BCUT2D eigenvalue weighted by molar-refractivity contribution is -0.385. The molecule has 0 saturated carbocycles. The number of nitrogens with zero attached hydrogens (tertiary/aromatic N) is 2. The molecule has 0 unspecified atom stereocenters. The maximum atomic E-state index is 12.9. The van der Waals surface area contributed by atoms with E-state index in [1.54, 1.807) is 4.90 Å². The summed E-state index contributed by atoms with van der Waals surface area (Å²) < 4.78 is 10.2. The summed E-state index contributed by atoms with van der Waals surface area (Å²) in [5, 5.41) is 14.2. The fourth-order valence-electron chi connectivity index (χ4n) is 3.39. The Labute approximate surface area is 180 Å². The molecule has 2 heterocycles. The van der Waals surface area contributed by atoms with Crippen molar-refractivity contribution in [3.05, 3.63) is 43.8 Å². The molecule has 164 valence electrons. The molecule has 0 atom stereocenters. The van der Waals surface area contributed by atoms with Crippen molar-refractivity contribution >= 4 is 39.7 Å². The molecule has 0 aliphatic carbocycles. The molecule has 3 amide bonds. The van der Waals surface area contributed by atoms with Gasteiger partial charge in [0.15, 0.2) is 11.5 Å². The van der Waals surface area contributed by atoms with E-state index in [9.17, 15) is 24.5 Å². The first-order valence-electron chi connectivity index (χ1n) is 9.09. The zero-order valence-electron chi connectivity index (χ0n) is 17.0. The number of nitrogens with two attached hydrogens (primary N) is 1. The van der Waals surface area contributed by atoms with Crippen LogP contribution >= 0.6 is 11.3 Å². The molecular weight excluding hydrogens is 428 g/mol. The minimum Gasteiger partial charge on any atom is -0.493 e. The Hall–Kier alpha value is -3.67. The number of anilines is 1. The van der Waals surface area contributed by atoms with Crippen molar-refractivity contribution in [2.45, 2.75) is 19.9 Å². The van der Waals surface area contributed by atoms with Crippen molar-refractivity contribution in [2.24, 2.45) is 5.73 Å². The van der Waals surface area contributed by atoms with E-state index in [4.69, 9.17) is 15.2 Å². The predicted molar refractivity (Wildman–Crippen MR) is 112 cm³/mol. The van der Waals surface area contributed by atoms with E-state index >= 15 is 0 Å². The number of primary amides is 1. The maximum absolute atomic E-state index is 12.9. The molecule has 12 heteroatoms. The monoisotopic (exact) mass is 448 g/mol. The molecule has 3 N–H and O–H groups in total. The van der Waals surface area contributed by atoms with Crippen LogP contribution in [0, 0.1) is 10.1 Å². The summed E-state index contributed by atoms with van der Waals surface area (Å²) in [5.41, 5.74) is 5.62. The number of hydrogen-bond donors (Lipinski definition) is 2. The van der Waals surface area contributed by atoms with Crippen LogP contribution < -0.4 is 20.5 Å². The van der Waals surface area contributed by atoms with E-state index in [0.29, 0.717) is 25.1 Å². The molecule has 0 saturated heterocycles. The Morgan fingerprint density at radius 2 is 1.87 bits per heavy atom. The molecular formula is C19H20N4O7S. The summed E-state index contributed by atoms with van der Waals surface area (Å²) in [6.07, 6.45) is 0.413. The summed E-state index contributed by atoms with van der Waals surface area (Å²) in [6, 6.07) is 2.29. The zero-order valence-corrected chi connectivity index (χ0v) is 17.8. The molecule has 0 fully saturated rings. The summed E-state index contributed by atoms with van der Waals surface area (Å²) in [6.45, 7) is 2.17. The highest BCUT2D eigenvalue weighted by atomic mass is 32.1. The second kappa shape index (κ2) is 8.60. The SMILES string of the molecule is COc1cc(C(=O)Nc2sc3c(c2C(N)=O)CCN(C(C)=O)C3)c([N+](=O)[O-])cc1OC. The minimum atomic E-state index is -0.808. The first-order valence-corrected chi connectivity index (χ1v) is 9.91. The topological polar surface area (TPSA) is 154 Å². The molecule has 3 rings (SSSR count). The highest BCUT2D eigenvalue weighted by Gasteiger charge is 2.30. The molecule has 0 bridgehead atoms. The largest absolute Gasteiger partial charge is 0.493 e. The van der Waals surface area contributed by atoms with Crippen LogP contribution in [0.25, 0.3) is 0 Å². The minimum absolute atomic E-state index is 0.0967. The van der Waals surface area contributed by atoms with Gasteiger partial charge in [-0.25, -0.2) is 0 Å². The molecule has 1 aromatic heterocycles. The number of amides is 3. The van der Waals surface area contributed by atoms with Crippen LogP contribution in [-0.2, 0) is 17.8 Å². The number of fused-ring (bicyclic) bond motifs is 1. The fourth-order valence-corrected chi connectivity index (χ4v) is 4.66. The van der Waals surface area contributed by atoms with Crippen molar-refractivity contribution in [2.75, 3.05) is 26.1 Å². The van der Waals surface area contributed by atoms with Gasteiger partial charge in [0, 0.05) is 24.4 Å². The van der Waals surface area contributed by atoms with Crippen molar-refractivity contribution in [3.8, 4) is 11.5 Å². The van der Waals surface area contributed by atoms with Gasteiger partial charge in [-0.05, 0) is 12.0 Å².